The summed E-state index contributed by atoms with van der Waals surface area (Å²) in [5.41, 5.74) is 0.272. The highest BCUT2D eigenvalue weighted by Crippen LogP contribution is 2.36. The molecule has 1 aliphatic carbocycles. The molecule has 0 radical (unpaired) electrons. The molecule has 8 nitrogen and oxygen atoms in total. The molecule has 0 bridgehead atoms. The van der Waals surface area contributed by atoms with E-state index < -0.39 is 11.5 Å². The van der Waals surface area contributed by atoms with Crippen LogP contribution < -0.4 is 5.32 Å². The number of rotatable bonds is 4. The number of tetrazole rings is 1. The number of aromatic nitrogens is 4. The van der Waals surface area contributed by atoms with Crippen LogP contribution in [0.15, 0.2) is 24.3 Å². The lowest BCUT2D eigenvalue weighted by Gasteiger charge is -2.36. The van der Waals surface area contributed by atoms with Crippen molar-refractivity contribution in [2.24, 2.45) is 0 Å². The Balaban J connectivity index is 2.12. The van der Waals surface area contributed by atoms with Crippen molar-refractivity contribution < 1.29 is 14.3 Å². The van der Waals surface area contributed by atoms with Gasteiger partial charge in [-0.2, -0.15) is 4.68 Å². The van der Waals surface area contributed by atoms with Crippen LogP contribution in [0.3, 0.4) is 0 Å². The average molecular weight is 343 g/mol. The van der Waals surface area contributed by atoms with E-state index in [0.29, 0.717) is 17.1 Å². The van der Waals surface area contributed by atoms with Crippen LogP contribution in [-0.4, -0.2) is 39.2 Å². The SMILES string of the molecule is COC(=O)c1ccccc1-n1nnnc1C1(NC(C)=O)CCCCC1. The molecule has 0 spiro atoms. The molecule has 25 heavy (non-hydrogen) atoms. The molecule has 0 atom stereocenters. The van der Waals surface area contributed by atoms with E-state index in [1.807, 2.05) is 0 Å². The summed E-state index contributed by atoms with van der Waals surface area (Å²) in [7, 11) is 1.33. The minimum atomic E-state index is -0.628. The predicted molar refractivity (Wildman–Crippen MR) is 89.1 cm³/mol. The van der Waals surface area contributed by atoms with Gasteiger partial charge >= 0.3 is 5.97 Å². The number of hydrogen-bond donors (Lipinski definition) is 1. The number of para-hydroxylation sites is 1. The second kappa shape index (κ2) is 7.00. The van der Waals surface area contributed by atoms with Crippen molar-refractivity contribution in [3.8, 4) is 5.69 Å². The summed E-state index contributed by atoms with van der Waals surface area (Å²) in [5, 5.41) is 15.2. The minimum Gasteiger partial charge on any atom is -0.465 e. The number of ether oxygens (including phenoxy) is 1. The third-order valence-corrected chi connectivity index (χ3v) is 4.56. The number of amides is 1. The number of carbonyl (C=O) groups excluding carboxylic acids is 2. The monoisotopic (exact) mass is 343 g/mol. The van der Waals surface area contributed by atoms with Gasteiger partial charge in [-0.05, 0) is 35.4 Å². The van der Waals surface area contributed by atoms with E-state index in [2.05, 4.69) is 20.8 Å². The molecule has 1 amide bonds. The second-order valence-electron chi connectivity index (χ2n) is 6.25. The largest absolute Gasteiger partial charge is 0.465 e. The Morgan fingerprint density at radius 1 is 1.20 bits per heavy atom. The molecular weight excluding hydrogens is 322 g/mol. The fourth-order valence-corrected chi connectivity index (χ4v) is 3.49. The summed E-state index contributed by atoms with van der Waals surface area (Å²) in [6.45, 7) is 1.49. The fourth-order valence-electron chi connectivity index (χ4n) is 3.49. The van der Waals surface area contributed by atoms with E-state index in [9.17, 15) is 9.59 Å². The molecule has 1 aliphatic rings. The van der Waals surface area contributed by atoms with Crippen LogP contribution in [0.1, 0.15) is 55.2 Å². The molecule has 1 heterocycles. The third kappa shape index (κ3) is 3.24. The number of methoxy groups -OCH3 is 1. The van der Waals surface area contributed by atoms with Crippen molar-refractivity contribution >= 4 is 11.9 Å². The molecule has 1 saturated carbocycles. The molecule has 0 saturated heterocycles. The Bertz CT molecular complexity index is 780. The minimum absolute atomic E-state index is 0.127. The Morgan fingerprint density at radius 2 is 1.92 bits per heavy atom. The highest BCUT2D eigenvalue weighted by molar-refractivity contribution is 5.93. The van der Waals surface area contributed by atoms with Crippen LogP contribution in [0, 0.1) is 0 Å². The van der Waals surface area contributed by atoms with E-state index >= 15 is 0 Å². The van der Waals surface area contributed by atoms with Gasteiger partial charge in [0.05, 0.1) is 18.4 Å². The normalized spacial score (nSPS) is 16.2. The summed E-state index contributed by atoms with van der Waals surface area (Å²) in [6, 6.07) is 6.98. The molecule has 1 aromatic heterocycles. The van der Waals surface area contributed by atoms with Gasteiger partial charge < -0.3 is 10.1 Å². The highest BCUT2D eigenvalue weighted by Gasteiger charge is 2.40. The van der Waals surface area contributed by atoms with Crippen molar-refractivity contribution in [1.82, 2.24) is 25.5 Å². The van der Waals surface area contributed by atoms with Crippen molar-refractivity contribution in [3.05, 3.63) is 35.7 Å². The number of carbonyl (C=O) groups is 2. The molecule has 1 aromatic carbocycles. The zero-order valence-corrected chi connectivity index (χ0v) is 14.4. The third-order valence-electron chi connectivity index (χ3n) is 4.56. The number of nitrogens with one attached hydrogen (secondary N) is 1. The van der Waals surface area contributed by atoms with E-state index in [1.165, 1.54) is 18.7 Å². The molecule has 3 rings (SSSR count). The number of esters is 1. The maximum absolute atomic E-state index is 12.1. The van der Waals surface area contributed by atoms with Gasteiger partial charge in [0.25, 0.3) is 0 Å². The van der Waals surface area contributed by atoms with Gasteiger partial charge in [0.2, 0.25) is 5.91 Å². The first-order valence-electron chi connectivity index (χ1n) is 8.33. The summed E-state index contributed by atoms with van der Waals surface area (Å²) in [5.74, 6) is -0.0503. The maximum Gasteiger partial charge on any atom is 0.340 e. The Labute approximate surface area is 145 Å². The molecule has 0 unspecified atom stereocenters. The summed E-state index contributed by atoms with van der Waals surface area (Å²) in [4.78, 5) is 23.9. The average Bonchev–Trinajstić information content (AvgIpc) is 3.11. The van der Waals surface area contributed by atoms with Crippen LogP contribution >= 0.6 is 0 Å². The standard InChI is InChI=1S/C17H21N5O3/c1-12(23)18-17(10-6-3-7-11-17)16-19-20-21-22(16)14-9-5-4-8-13(14)15(24)25-2/h4-5,8-9H,3,6-7,10-11H2,1-2H3,(H,18,23). The molecule has 8 heteroatoms. The van der Waals surface area contributed by atoms with Gasteiger partial charge in [-0.3, -0.25) is 4.79 Å². The van der Waals surface area contributed by atoms with E-state index in [-0.39, 0.29) is 5.91 Å². The van der Waals surface area contributed by atoms with Gasteiger partial charge in [-0.1, -0.05) is 31.4 Å². The zero-order valence-electron chi connectivity index (χ0n) is 14.4. The Kier molecular flexibility index (Phi) is 4.78. The topological polar surface area (TPSA) is 99.0 Å². The molecule has 1 N–H and O–H groups in total. The van der Waals surface area contributed by atoms with Crippen molar-refractivity contribution in [1.29, 1.82) is 0 Å². The van der Waals surface area contributed by atoms with Gasteiger partial charge in [0.1, 0.15) is 5.54 Å². The van der Waals surface area contributed by atoms with E-state index in [0.717, 1.165) is 32.1 Å². The lowest BCUT2D eigenvalue weighted by atomic mass is 9.80. The fraction of sp³-hybridized carbons (Fsp3) is 0.471. The first-order chi connectivity index (χ1) is 12.1. The van der Waals surface area contributed by atoms with Crippen molar-refractivity contribution in [2.45, 2.75) is 44.6 Å². The molecule has 132 valence electrons. The van der Waals surface area contributed by atoms with Crippen LogP contribution in [0.25, 0.3) is 5.69 Å². The molecule has 0 aliphatic heterocycles. The first-order valence-corrected chi connectivity index (χ1v) is 8.33. The van der Waals surface area contributed by atoms with E-state index in [1.54, 1.807) is 24.3 Å². The van der Waals surface area contributed by atoms with E-state index in [4.69, 9.17) is 4.74 Å². The van der Waals surface area contributed by atoms with Gasteiger partial charge in [-0.15, -0.1) is 5.10 Å². The predicted octanol–water partition coefficient (Wildman–Crippen LogP) is 1.74. The summed E-state index contributed by atoms with van der Waals surface area (Å²) < 4.78 is 6.39. The van der Waals surface area contributed by atoms with Crippen LogP contribution in [0.2, 0.25) is 0 Å². The Morgan fingerprint density at radius 3 is 2.60 bits per heavy atom. The molecule has 1 fully saturated rings. The van der Waals surface area contributed by atoms with Crippen LogP contribution in [0.4, 0.5) is 0 Å². The van der Waals surface area contributed by atoms with Gasteiger partial charge in [-0.25, -0.2) is 4.79 Å². The number of benzene rings is 1. The van der Waals surface area contributed by atoms with Crippen molar-refractivity contribution in [2.75, 3.05) is 7.11 Å². The quantitative estimate of drug-likeness (QED) is 0.849. The Hall–Kier alpha value is -2.77. The van der Waals surface area contributed by atoms with Crippen LogP contribution in [0.5, 0.6) is 0 Å². The van der Waals surface area contributed by atoms with Crippen LogP contribution in [-0.2, 0) is 15.1 Å². The van der Waals surface area contributed by atoms with Gasteiger partial charge in [0.15, 0.2) is 5.82 Å². The maximum atomic E-state index is 12.1. The number of hydrogen-bond acceptors (Lipinski definition) is 6. The lowest BCUT2D eigenvalue weighted by Crippen LogP contribution is -2.48. The smallest absolute Gasteiger partial charge is 0.340 e. The number of nitrogens with zero attached hydrogens (tertiary/aromatic N) is 4. The van der Waals surface area contributed by atoms with Crippen molar-refractivity contribution in [3.63, 3.8) is 0 Å². The summed E-state index contributed by atoms with van der Waals surface area (Å²) >= 11 is 0. The molecule has 2 aromatic rings. The lowest BCUT2D eigenvalue weighted by molar-refractivity contribution is -0.121. The first kappa shape index (κ1) is 17.1. The molecular formula is C17H21N5O3. The summed E-state index contributed by atoms with van der Waals surface area (Å²) in [6.07, 6.45) is 4.58. The highest BCUT2D eigenvalue weighted by atomic mass is 16.5. The zero-order chi connectivity index (χ0) is 17.9. The van der Waals surface area contributed by atoms with Gasteiger partial charge in [0, 0.05) is 6.92 Å². The second-order valence-corrected chi connectivity index (χ2v) is 6.25.